The van der Waals surface area contributed by atoms with E-state index in [9.17, 15) is 4.79 Å². The first kappa shape index (κ1) is 14.4. The second kappa shape index (κ2) is 6.43. The first-order valence-electron chi connectivity index (χ1n) is 5.88. The Morgan fingerprint density at radius 1 is 1.42 bits per heavy atom. The Kier molecular flexibility index (Phi) is 4.87. The highest BCUT2D eigenvalue weighted by atomic mass is 127. The van der Waals surface area contributed by atoms with Crippen LogP contribution in [0.1, 0.15) is 23.0 Å². The van der Waals surface area contributed by atoms with E-state index in [0.717, 1.165) is 9.33 Å². The van der Waals surface area contributed by atoms with Gasteiger partial charge in [0.25, 0.3) is 5.91 Å². The molecular weight excluding hydrogens is 377 g/mol. The molecule has 0 spiro atoms. The smallest absolute Gasteiger partial charge is 0.254 e. The molecule has 2 aromatic rings. The van der Waals surface area contributed by atoms with Crippen LogP contribution >= 0.6 is 34.2 Å². The van der Waals surface area contributed by atoms with E-state index >= 15 is 0 Å². The van der Waals surface area contributed by atoms with Gasteiger partial charge in [-0.05, 0) is 59.8 Å². The van der Waals surface area contributed by atoms with Gasteiger partial charge in [0.05, 0.1) is 17.8 Å². The summed E-state index contributed by atoms with van der Waals surface area (Å²) in [5, 5.41) is 0.598. The van der Waals surface area contributed by atoms with Crippen LogP contribution in [0.4, 0.5) is 0 Å². The molecule has 1 aromatic carbocycles. The lowest BCUT2D eigenvalue weighted by atomic mass is 10.2. The molecule has 0 aliphatic carbocycles. The number of benzene rings is 1. The Labute approximate surface area is 130 Å². The second-order valence-corrected chi connectivity index (χ2v) is 5.60. The molecule has 0 atom stereocenters. The summed E-state index contributed by atoms with van der Waals surface area (Å²) < 4.78 is 6.21. The van der Waals surface area contributed by atoms with E-state index in [-0.39, 0.29) is 5.91 Å². The van der Waals surface area contributed by atoms with Gasteiger partial charge >= 0.3 is 0 Å². The molecule has 19 heavy (non-hydrogen) atoms. The fraction of sp³-hybridized carbons (Fsp3) is 0.214. The lowest BCUT2D eigenvalue weighted by Crippen LogP contribution is -2.30. The highest BCUT2D eigenvalue weighted by molar-refractivity contribution is 14.1. The number of rotatable bonds is 4. The highest BCUT2D eigenvalue weighted by Gasteiger charge is 2.16. The van der Waals surface area contributed by atoms with Crippen molar-refractivity contribution in [3.05, 3.63) is 56.5 Å². The summed E-state index contributed by atoms with van der Waals surface area (Å²) in [6, 6.07) is 9.01. The second-order valence-electron chi connectivity index (χ2n) is 4.03. The number of furan rings is 1. The van der Waals surface area contributed by atoms with Crippen LogP contribution in [0.5, 0.6) is 0 Å². The molecule has 3 nitrogen and oxygen atoms in total. The van der Waals surface area contributed by atoms with Gasteiger partial charge in [0.1, 0.15) is 5.76 Å². The highest BCUT2D eigenvalue weighted by Crippen LogP contribution is 2.21. The van der Waals surface area contributed by atoms with E-state index in [1.807, 2.05) is 25.1 Å². The lowest BCUT2D eigenvalue weighted by molar-refractivity contribution is 0.0741. The maximum absolute atomic E-state index is 12.4. The summed E-state index contributed by atoms with van der Waals surface area (Å²) in [6.07, 6.45) is 1.61. The largest absolute Gasteiger partial charge is 0.467 e. The average Bonchev–Trinajstić information content (AvgIpc) is 2.91. The van der Waals surface area contributed by atoms with Crippen molar-refractivity contribution in [1.29, 1.82) is 0 Å². The molecule has 0 bridgehead atoms. The van der Waals surface area contributed by atoms with Crippen LogP contribution in [0.25, 0.3) is 0 Å². The zero-order valence-electron chi connectivity index (χ0n) is 10.4. The lowest BCUT2D eigenvalue weighted by Gasteiger charge is -2.19. The third kappa shape index (κ3) is 3.51. The summed E-state index contributed by atoms with van der Waals surface area (Å²) >= 11 is 8.19. The van der Waals surface area contributed by atoms with Crippen molar-refractivity contribution < 1.29 is 9.21 Å². The summed E-state index contributed by atoms with van der Waals surface area (Å²) in [7, 11) is 0. The Morgan fingerprint density at radius 2 is 2.21 bits per heavy atom. The number of hydrogen-bond acceptors (Lipinski definition) is 2. The van der Waals surface area contributed by atoms with Crippen molar-refractivity contribution in [1.82, 2.24) is 4.90 Å². The molecule has 0 saturated heterocycles. The fourth-order valence-corrected chi connectivity index (χ4v) is 2.25. The van der Waals surface area contributed by atoms with Gasteiger partial charge in [0.15, 0.2) is 0 Å². The van der Waals surface area contributed by atoms with Crippen LogP contribution in [0.2, 0.25) is 5.02 Å². The van der Waals surface area contributed by atoms with Crippen molar-refractivity contribution in [2.45, 2.75) is 13.5 Å². The fourth-order valence-electron chi connectivity index (χ4n) is 1.73. The minimum atomic E-state index is -0.0443. The van der Waals surface area contributed by atoms with Gasteiger partial charge in [-0.3, -0.25) is 4.79 Å². The Morgan fingerprint density at radius 3 is 2.79 bits per heavy atom. The minimum Gasteiger partial charge on any atom is -0.467 e. The summed E-state index contributed by atoms with van der Waals surface area (Å²) in [4.78, 5) is 14.1. The summed E-state index contributed by atoms with van der Waals surface area (Å²) in [5.74, 6) is 0.726. The maximum atomic E-state index is 12.4. The minimum absolute atomic E-state index is 0.0443. The van der Waals surface area contributed by atoms with E-state index in [1.54, 1.807) is 23.3 Å². The van der Waals surface area contributed by atoms with Crippen LogP contribution in [0.15, 0.2) is 41.0 Å². The maximum Gasteiger partial charge on any atom is 0.254 e. The molecule has 0 aliphatic rings. The van der Waals surface area contributed by atoms with Crippen LogP contribution in [-0.4, -0.2) is 17.4 Å². The van der Waals surface area contributed by atoms with Crippen molar-refractivity contribution in [3.63, 3.8) is 0 Å². The van der Waals surface area contributed by atoms with E-state index < -0.39 is 0 Å². The molecule has 1 amide bonds. The standard InChI is InChI=1S/C14H13ClINO2/c1-2-17(9-11-4-3-7-19-11)14(18)10-5-6-13(16)12(15)8-10/h3-8H,2,9H2,1H3. The molecule has 1 heterocycles. The van der Waals surface area contributed by atoms with Gasteiger partial charge in [0.2, 0.25) is 0 Å². The quantitative estimate of drug-likeness (QED) is 0.734. The first-order valence-corrected chi connectivity index (χ1v) is 7.34. The summed E-state index contributed by atoms with van der Waals surface area (Å²) in [5.41, 5.74) is 0.596. The number of amides is 1. The molecule has 2 rings (SSSR count). The molecule has 0 aliphatic heterocycles. The van der Waals surface area contributed by atoms with Crippen molar-refractivity contribution in [2.24, 2.45) is 0 Å². The van der Waals surface area contributed by atoms with Gasteiger partial charge in [-0.15, -0.1) is 0 Å². The molecule has 0 radical (unpaired) electrons. The van der Waals surface area contributed by atoms with Gasteiger partial charge in [-0.2, -0.15) is 0 Å². The number of carbonyl (C=O) groups excluding carboxylic acids is 1. The average molecular weight is 390 g/mol. The van der Waals surface area contributed by atoms with Crippen LogP contribution in [0, 0.1) is 3.57 Å². The molecule has 0 N–H and O–H groups in total. The van der Waals surface area contributed by atoms with E-state index in [1.165, 1.54) is 0 Å². The summed E-state index contributed by atoms with van der Waals surface area (Å²) in [6.45, 7) is 3.02. The number of carbonyl (C=O) groups is 1. The van der Waals surface area contributed by atoms with Crippen molar-refractivity contribution in [3.8, 4) is 0 Å². The van der Waals surface area contributed by atoms with Crippen LogP contribution in [0.3, 0.4) is 0 Å². The van der Waals surface area contributed by atoms with Gasteiger partial charge in [-0.1, -0.05) is 11.6 Å². The number of halogens is 2. The Bertz CT molecular complexity index is 569. The molecule has 0 saturated carbocycles. The third-order valence-electron chi connectivity index (χ3n) is 2.76. The molecule has 1 aromatic heterocycles. The van der Waals surface area contributed by atoms with E-state index in [2.05, 4.69) is 22.6 Å². The topological polar surface area (TPSA) is 33.5 Å². The molecule has 100 valence electrons. The number of hydrogen-bond donors (Lipinski definition) is 0. The normalized spacial score (nSPS) is 10.5. The van der Waals surface area contributed by atoms with Crippen LogP contribution in [-0.2, 0) is 6.54 Å². The van der Waals surface area contributed by atoms with Gasteiger partial charge in [-0.25, -0.2) is 0 Å². The predicted octanol–water partition coefficient (Wildman–Crippen LogP) is 4.20. The van der Waals surface area contributed by atoms with E-state index in [4.69, 9.17) is 16.0 Å². The van der Waals surface area contributed by atoms with Crippen LogP contribution < -0.4 is 0 Å². The van der Waals surface area contributed by atoms with Gasteiger partial charge < -0.3 is 9.32 Å². The van der Waals surface area contributed by atoms with E-state index in [0.29, 0.717) is 23.7 Å². The van der Waals surface area contributed by atoms with Gasteiger partial charge in [0, 0.05) is 15.7 Å². The Balaban J connectivity index is 2.18. The predicted molar refractivity (Wildman–Crippen MR) is 83.3 cm³/mol. The number of nitrogens with zero attached hydrogens (tertiary/aromatic N) is 1. The first-order chi connectivity index (χ1) is 9.11. The molecule has 5 heteroatoms. The van der Waals surface area contributed by atoms with Crippen molar-refractivity contribution in [2.75, 3.05) is 6.54 Å². The monoisotopic (exact) mass is 389 g/mol. The molecular formula is C14H13ClINO2. The SMILES string of the molecule is CCN(Cc1ccco1)C(=O)c1ccc(I)c(Cl)c1. The molecule has 0 fully saturated rings. The zero-order valence-corrected chi connectivity index (χ0v) is 13.3. The molecule has 0 unspecified atom stereocenters. The Hall–Kier alpha value is -1.01. The third-order valence-corrected chi connectivity index (χ3v) is 4.33. The van der Waals surface area contributed by atoms with Crippen molar-refractivity contribution >= 4 is 40.1 Å². The zero-order chi connectivity index (χ0) is 13.8.